The molecule has 2 aliphatic carbocycles. The van der Waals surface area contributed by atoms with Gasteiger partial charge in [-0.2, -0.15) is 0 Å². The molecular weight excluding hydrogens is 212 g/mol. The fourth-order valence-corrected chi connectivity index (χ4v) is 2.54. The predicted octanol–water partition coefficient (Wildman–Crippen LogP) is 0.458. The summed E-state index contributed by atoms with van der Waals surface area (Å²) in [4.78, 5) is 0. The molecule has 0 aliphatic heterocycles. The lowest BCUT2D eigenvalue weighted by Gasteiger charge is -2.06. The van der Waals surface area contributed by atoms with E-state index in [1.54, 1.807) is 0 Å². The van der Waals surface area contributed by atoms with Crippen LogP contribution in [0.25, 0.3) is 0 Å². The van der Waals surface area contributed by atoms with E-state index in [0.717, 1.165) is 12.3 Å². The molecule has 0 bridgehead atoms. The van der Waals surface area contributed by atoms with Crippen molar-refractivity contribution in [3.63, 3.8) is 0 Å². The zero-order chi connectivity index (χ0) is 10.7. The third kappa shape index (κ3) is 4.95. The summed E-state index contributed by atoms with van der Waals surface area (Å²) in [6.07, 6.45) is 5.98. The minimum atomic E-state index is -3.03. The first-order chi connectivity index (χ1) is 7.16. The van der Waals surface area contributed by atoms with Crippen molar-refractivity contribution < 1.29 is 8.42 Å². The molecule has 0 heterocycles. The molecule has 4 nitrogen and oxygen atoms in total. The molecule has 0 amide bonds. The molecule has 0 aromatic rings. The highest BCUT2D eigenvalue weighted by Gasteiger charge is 2.22. The van der Waals surface area contributed by atoms with Gasteiger partial charge in [0.2, 0.25) is 10.0 Å². The van der Waals surface area contributed by atoms with Crippen LogP contribution >= 0.6 is 0 Å². The molecule has 2 saturated carbocycles. The van der Waals surface area contributed by atoms with E-state index in [-0.39, 0.29) is 5.75 Å². The molecule has 5 heteroatoms. The molecule has 0 unspecified atom stereocenters. The topological polar surface area (TPSA) is 58.2 Å². The fraction of sp³-hybridized carbons (Fsp3) is 1.00. The van der Waals surface area contributed by atoms with Crippen molar-refractivity contribution in [1.82, 2.24) is 10.0 Å². The second kappa shape index (κ2) is 4.80. The number of sulfonamides is 1. The van der Waals surface area contributed by atoms with Crippen LogP contribution in [0.1, 0.15) is 32.1 Å². The summed E-state index contributed by atoms with van der Waals surface area (Å²) in [6.45, 7) is 1.21. The molecule has 2 fully saturated rings. The van der Waals surface area contributed by atoms with Crippen molar-refractivity contribution in [3.05, 3.63) is 0 Å². The van der Waals surface area contributed by atoms with Crippen molar-refractivity contribution in [2.24, 2.45) is 5.92 Å². The average molecular weight is 232 g/mol. The second-order valence-electron chi connectivity index (χ2n) is 4.67. The maximum absolute atomic E-state index is 11.5. The highest BCUT2D eigenvalue weighted by Crippen LogP contribution is 2.31. The van der Waals surface area contributed by atoms with Crippen molar-refractivity contribution in [2.45, 2.75) is 38.1 Å². The molecular formula is C10H20N2O2S. The summed E-state index contributed by atoms with van der Waals surface area (Å²) in [6, 6.07) is 0.590. The van der Waals surface area contributed by atoms with Crippen molar-refractivity contribution in [3.8, 4) is 0 Å². The van der Waals surface area contributed by atoms with Gasteiger partial charge in [-0.15, -0.1) is 0 Å². The van der Waals surface area contributed by atoms with Gasteiger partial charge in [-0.05, 0) is 25.2 Å². The SMILES string of the molecule is O=S(=O)(CCNC1CC1)NCCC1CC1. The Balaban J connectivity index is 1.54. The Hall–Kier alpha value is -0.130. The lowest BCUT2D eigenvalue weighted by atomic mass is 10.3. The molecule has 0 aromatic carbocycles. The number of hydrogen-bond acceptors (Lipinski definition) is 3. The lowest BCUT2D eigenvalue weighted by molar-refractivity contribution is 0.570. The molecule has 2 aliphatic rings. The molecule has 15 heavy (non-hydrogen) atoms. The van der Waals surface area contributed by atoms with Gasteiger partial charge in [0.1, 0.15) is 0 Å². The zero-order valence-electron chi connectivity index (χ0n) is 9.04. The standard InChI is InChI=1S/C10H20N2O2S/c13-15(14,8-7-11-10-3-4-10)12-6-5-9-1-2-9/h9-12H,1-8H2. The van der Waals surface area contributed by atoms with Crippen LogP contribution in [0.2, 0.25) is 0 Å². The number of hydrogen-bond donors (Lipinski definition) is 2. The largest absolute Gasteiger partial charge is 0.313 e. The van der Waals surface area contributed by atoms with Gasteiger partial charge >= 0.3 is 0 Å². The first-order valence-electron chi connectivity index (χ1n) is 5.86. The monoisotopic (exact) mass is 232 g/mol. The van der Waals surface area contributed by atoms with E-state index >= 15 is 0 Å². The van der Waals surface area contributed by atoms with Gasteiger partial charge in [0.25, 0.3) is 0 Å². The van der Waals surface area contributed by atoms with Gasteiger partial charge in [-0.1, -0.05) is 12.8 Å². The zero-order valence-corrected chi connectivity index (χ0v) is 9.85. The van der Waals surface area contributed by atoms with Crippen LogP contribution < -0.4 is 10.0 Å². The molecule has 0 aromatic heterocycles. The molecule has 0 radical (unpaired) electrons. The Bertz CT molecular complexity index is 271. The maximum Gasteiger partial charge on any atom is 0.212 e. The van der Waals surface area contributed by atoms with E-state index < -0.39 is 10.0 Å². The third-order valence-corrected chi connectivity index (χ3v) is 4.34. The number of nitrogens with one attached hydrogen (secondary N) is 2. The van der Waals surface area contributed by atoms with Gasteiger partial charge in [0.15, 0.2) is 0 Å². The maximum atomic E-state index is 11.5. The highest BCUT2D eigenvalue weighted by atomic mass is 32.2. The molecule has 0 spiro atoms. The Kier molecular flexibility index (Phi) is 3.64. The Morgan fingerprint density at radius 2 is 1.80 bits per heavy atom. The summed E-state index contributed by atoms with van der Waals surface area (Å²) in [5.74, 6) is 1.01. The first kappa shape index (κ1) is 11.4. The van der Waals surface area contributed by atoms with Crippen LogP contribution in [0.3, 0.4) is 0 Å². The van der Waals surface area contributed by atoms with Crippen molar-refractivity contribution >= 4 is 10.0 Å². The quantitative estimate of drug-likeness (QED) is 0.639. The molecule has 88 valence electrons. The summed E-state index contributed by atoms with van der Waals surface area (Å²) in [5, 5.41) is 3.21. The van der Waals surface area contributed by atoms with E-state index in [0.29, 0.717) is 19.1 Å². The van der Waals surface area contributed by atoms with Crippen molar-refractivity contribution in [2.75, 3.05) is 18.8 Å². The van der Waals surface area contributed by atoms with Gasteiger partial charge < -0.3 is 5.32 Å². The second-order valence-corrected chi connectivity index (χ2v) is 6.60. The highest BCUT2D eigenvalue weighted by molar-refractivity contribution is 7.89. The van der Waals surface area contributed by atoms with Crippen molar-refractivity contribution in [1.29, 1.82) is 0 Å². The van der Waals surface area contributed by atoms with Gasteiger partial charge in [-0.3, -0.25) is 0 Å². The molecule has 2 rings (SSSR count). The van der Waals surface area contributed by atoms with Crippen LogP contribution in [0, 0.1) is 5.92 Å². The van der Waals surface area contributed by atoms with E-state index in [4.69, 9.17) is 0 Å². The van der Waals surface area contributed by atoms with Crippen LogP contribution in [0.4, 0.5) is 0 Å². The minimum absolute atomic E-state index is 0.216. The van der Waals surface area contributed by atoms with E-state index in [1.807, 2.05) is 0 Å². The van der Waals surface area contributed by atoms with Crippen LogP contribution in [0.15, 0.2) is 0 Å². The van der Waals surface area contributed by atoms with Crippen LogP contribution in [0.5, 0.6) is 0 Å². The lowest BCUT2D eigenvalue weighted by Crippen LogP contribution is -2.33. The summed E-state index contributed by atoms with van der Waals surface area (Å²) in [7, 11) is -3.03. The van der Waals surface area contributed by atoms with E-state index in [9.17, 15) is 8.42 Å². The van der Waals surface area contributed by atoms with Crippen LogP contribution in [-0.4, -0.2) is 33.3 Å². The van der Waals surface area contributed by atoms with E-state index in [2.05, 4.69) is 10.0 Å². The first-order valence-corrected chi connectivity index (χ1v) is 7.52. The van der Waals surface area contributed by atoms with Crippen LogP contribution in [-0.2, 0) is 10.0 Å². The molecule has 0 atom stereocenters. The Morgan fingerprint density at radius 1 is 1.07 bits per heavy atom. The average Bonchev–Trinajstić information content (AvgIpc) is 2.97. The normalized spacial score (nSPS) is 21.9. The smallest absolute Gasteiger partial charge is 0.212 e. The summed E-state index contributed by atoms with van der Waals surface area (Å²) in [5.41, 5.74) is 0. The number of rotatable bonds is 8. The van der Waals surface area contributed by atoms with E-state index in [1.165, 1.54) is 25.7 Å². The van der Waals surface area contributed by atoms with Gasteiger partial charge in [0.05, 0.1) is 5.75 Å². The predicted molar refractivity (Wildman–Crippen MR) is 60.2 cm³/mol. The Morgan fingerprint density at radius 3 is 2.40 bits per heavy atom. The molecule has 2 N–H and O–H groups in total. The summed E-state index contributed by atoms with van der Waals surface area (Å²) < 4.78 is 25.6. The minimum Gasteiger partial charge on any atom is -0.313 e. The third-order valence-electron chi connectivity index (χ3n) is 2.95. The Labute approximate surface area is 91.9 Å². The summed E-state index contributed by atoms with van der Waals surface area (Å²) >= 11 is 0. The van der Waals surface area contributed by atoms with Gasteiger partial charge in [-0.25, -0.2) is 13.1 Å². The van der Waals surface area contributed by atoms with Gasteiger partial charge in [0, 0.05) is 19.1 Å². The molecule has 0 saturated heterocycles. The fourth-order valence-electron chi connectivity index (χ4n) is 1.58.